The zero-order valence-corrected chi connectivity index (χ0v) is 5.81. The lowest BCUT2D eigenvalue weighted by Crippen LogP contribution is -2.30. The van der Waals surface area contributed by atoms with E-state index < -0.39 is 11.9 Å². The molecule has 1 aliphatic heterocycles. The van der Waals surface area contributed by atoms with Crippen molar-refractivity contribution in [2.24, 2.45) is 16.0 Å². The number of primary amides is 1. The second kappa shape index (κ2) is 2.49. The molecule has 0 bridgehead atoms. The van der Waals surface area contributed by atoms with Crippen LogP contribution in [-0.2, 0) is 4.79 Å². The van der Waals surface area contributed by atoms with Gasteiger partial charge in [0.25, 0.3) is 5.91 Å². The molecular formula is C5H6N4O2. The van der Waals surface area contributed by atoms with Crippen LogP contribution in [-0.4, -0.2) is 23.9 Å². The summed E-state index contributed by atoms with van der Waals surface area (Å²) in [5.74, 6) is -0.310. The molecule has 1 aliphatic rings. The van der Waals surface area contributed by atoms with E-state index in [2.05, 4.69) is 10.2 Å². The lowest BCUT2D eigenvalue weighted by atomic mass is 10.5. The molecule has 0 aromatic carbocycles. The van der Waals surface area contributed by atoms with Crippen molar-refractivity contribution in [3.05, 3.63) is 11.9 Å². The largest absolute Gasteiger partial charge is 0.351 e. The summed E-state index contributed by atoms with van der Waals surface area (Å²) < 4.78 is 0. The molecule has 0 aliphatic carbocycles. The number of urea groups is 1. The van der Waals surface area contributed by atoms with E-state index in [1.807, 2.05) is 0 Å². The van der Waals surface area contributed by atoms with E-state index in [0.717, 1.165) is 11.0 Å². The fraction of sp³-hybridized carbons (Fsp3) is 0.200. The zero-order valence-electron chi connectivity index (χ0n) is 5.81. The van der Waals surface area contributed by atoms with Crippen molar-refractivity contribution in [2.45, 2.75) is 0 Å². The molecule has 6 nitrogen and oxygen atoms in total. The topological polar surface area (TPSA) is 88.1 Å². The number of carbonyl (C=O) groups is 2. The van der Waals surface area contributed by atoms with Gasteiger partial charge in [-0.25, -0.2) is 4.79 Å². The first kappa shape index (κ1) is 7.39. The Balaban J connectivity index is 2.78. The monoisotopic (exact) mass is 154 g/mol. The van der Waals surface area contributed by atoms with E-state index in [0.29, 0.717) is 0 Å². The molecule has 0 saturated carbocycles. The predicted octanol–water partition coefficient (Wildman–Crippen LogP) is -0.169. The number of hydrogen-bond donors (Lipinski definition) is 1. The molecule has 0 fully saturated rings. The maximum atomic E-state index is 10.5. The van der Waals surface area contributed by atoms with E-state index in [1.165, 1.54) is 7.05 Å². The average molecular weight is 154 g/mol. The van der Waals surface area contributed by atoms with Crippen molar-refractivity contribution < 1.29 is 9.59 Å². The number of carbonyl (C=O) groups excluding carboxylic acids is 2. The van der Waals surface area contributed by atoms with Crippen molar-refractivity contribution in [2.75, 3.05) is 7.05 Å². The molecule has 0 radical (unpaired) electrons. The van der Waals surface area contributed by atoms with Crippen LogP contribution in [0.4, 0.5) is 4.79 Å². The Morgan fingerprint density at radius 1 is 1.64 bits per heavy atom. The van der Waals surface area contributed by atoms with Gasteiger partial charge in [0, 0.05) is 7.05 Å². The normalized spacial score (nSPS) is 15.0. The van der Waals surface area contributed by atoms with Crippen LogP contribution in [0, 0.1) is 0 Å². The number of rotatable bonds is 1. The summed E-state index contributed by atoms with van der Waals surface area (Å²) in [7, 11) is 1.41. The summed E-state index contributed by atoms with van der Waals surface area (Å²) in [6.07, 6.45) is 1.13. The first-order valence-corrected chi connectivity index (χ1v) is 2.82. The minimum atomic E-state index is -0.676. The number of nitrogens with zero attached hydrogens (tertiary/aromatic N) is 3. The molecule has 3 amide bonds. The van der Waals surface area contributed by atoms with Gasteiger partial charge in [0.05, 0.1) is 6.08 Å². The highest BCUT2D eigenvalue weighted by Crippen LogP contribution is 2.09. The maximum Gasteiger partial charge on any atom is 0.320 e. The van der Waals surface area contributed by atoms with Crippen LogP contribution in [0.3, 0.4) is 0 Å². The van der Waals surface area contributed by atoms with Crippen LogP contribution in [0.25, 0.3) is 0 Å². The molecule has 2 N–H and O–H groups in total. The lowest BCUT2D eigenvalue weighted by Gasteiger charge is -2.09. The van der Waals surface area contributed by atoms with Crippen LogP contribution in [0.5, 0.6) is 0 Å². The molecular weight excluding hydrogens is 148 g/mol. The Bertz CT molecular complexity index is 268. The molecule has 0 atom stereocenters. The first-order valence-electron chi connectivity index (χ1n) is 2.82. The molecule has 0 unspecified atom stereocenters. The van der Waals surface area contributed by atoms with Gasteiger partial charge >= 0.3 is 6.03 Å². The van der Waals surface area contributed by atoms with Gasteiger partial charge in [-0.2, -0.15) is 0 Å². The predicted molar refractivity (Wildman–Crippen MR) is 35.3 cm³/mol. The van der Waals surface area contributed by atoms with Crippen molar-refractivity contribution in [1.82, 2.24) is 4.90 Å². The minimum Gasteiger partial charge on any atom is -0.351 e. The van der Waals surface area contributed by atoms with Gasteiger partial charge in [0.1, 0.15) is 0 Å². The third-order valence-electron chi connectivity index (χ3n) is 1.18. The van der Waals surface area contributed by atoms with Gasteiger partial charge in [-0.3, -0.25) is 9.69 Å². The molecule has 11 heavy (non-hydrogen) atoms. The molecule has 6 heteroatoms. The van der Waals surface area contributed by atoms with E-state index in [9.17, 15) is 9.59 Å². The van der Waals surface area contributed by atoms with E-state index >= 15 is 0 Å². The van der Waals surface area contributed by atoms with E-state index in [4.69, 9.17) is 5.73 Å². The fourth-order valence-corrected chi connectivity index (χ4v) is 0.545. The Labute approximate surface area is 62.4 Å². The average Bonchev–Trinajstić information content (AvgIpc) is 2.34. The van der Waals surface area contributed by atoms with Crippen LogP contribution in [0.15, 0.2) is 22.1 Å². The van der Waals surface area contributed by atoms with Crippen LogP contribution < -0.4 is 5.73 Å². The van der Waals surface area contributed by atoms with Crippen LogP contribution in [0.1, 0.15) is 0 Å². The quantitative estimate of drug-likeness (QED) is 0.568. The van der Waals surface area contributed by atoms with Gasteiger partial charge in [-0.1, -0.05) is 0 Å². The summed E-state index contributed by atoms with van der Waals surface area (Å²) >= 11 is 0. The second-order valence-electron chi connectivity index (χ2n) is 1.94. The lowest BCUT2D eigenvalue weighted by molar-refractivity contribution is -0.113. The third-order valence-corrected chi connectivity index (χ3v) is 1.18. The Kier molecular flexibility index (Phi) is 1.67. The fourth-order valence-electron chi connectivity index (χ4n) is 0.545. The molecule has 58 valence electrons. The van der Waals surface area contributed by atoms with Gasteiger partial charge in [-0.05, 0) is 0 Å². The number of azo groups is 1. The first-order chi connectivity index (χ1) is 5.11. The highest BCUT2D eigenvalue weighted by Gasteiger charge is 2.15. The Hall–Kier alpha value is -1.72. The summed E-state index contributed by atoms with van der Waals surface area (Å²) in [4.78, 5) is 22.0. The number of hydrogen-bond acceptors (Lipinski definition) is 3. The number of nitrogens with two attached hydrogens (primary N) is 1. The molecule has 1 heterocycles. The van der Waals surface area contributed by atoms with Gasteiger partial charge < -0.3 is 5.73 Å². The van der Waals surface area contributed by atoms with Crippen molar-refractivity contribution in [1.29, 1.82) is 0 Å². The van der Waals surface area contributed by atoms with Crippen molar-refractivity contribution in [3.63, 3.8) is 0 Å². The molecule has 0 aromatic heterocycles. The molecule has 1 rings (SSSR count). The molecule has 0 aromatic rings. The van der Waals surface area contributed by atoms with Gasteiger partial charge in [-0.15, -0.1) is 10.2 Å². The highest BCUT2D eigenvalue weighted by molar-refractivity contribution is 5.91. The van der Waals surface area contributed by atoms with Crippen molar-refractivity contribution in [3.8, 4) is 0 Å². The third kappa shape index (κ3) is 1.40. The second-order valence-corrected chi connectivity index (χ2v) is 1.94. The summed E-state index contributed by atoms with van der Waals surface area (Å²) in [5, 5.41) is 6.56. The Morgan fingerprint density at radius 3 is 2.64 bits per heavy atom. The smallest absolute Gasteiger partial charge is 0.320 e. The van der Waals surface area contributed by atoms with Crippen LogP contribution in [0.2, 0.25) is 0 Å². The standard InChI is InChI=1S/C5H6N4O2/c1-9(5(6)11)3-2-4(10)8-7-3/h2H,1H3,(H2,6,11). The van der Waals surface area contributed by atoms with Gasteiger partial charge in [0.2, 0.25) is 0 Å². The van der Waals surface area contributed by atoms with E-state index in [1.54, 1.807) is 0 Å². The SMILES string of the molecule is CN(C(N)=O)C1=CC(=O)N=N1. The highest BCUT2D eigenvalue weighted by atomic mass is 16.2. The number of amides is 3. The maximum absolute atomic E-state index is 10.5. The summed E-state index contributed by atoms with van der Waals surface area (Å²) in [6, 6.07) is -0.676. The van der Waals surface area contributed by atoms with Gasteiger partial charge in [0.15, 0.2) is 5.82 Å². The van der Waals surface area contributed by atoms with Crippen LogP contribution >= 0.6 is 0 Å². The van der Waals surface area contributed by atoms with Crippen molar-refractivity contribution >= 4 is 11.9 Å². The zero-order chi connectivity index (χ0) is 8.43. The summed E-state index contributed by atoms with van der Waals surface area (Å²) in [5.41, 5.74) is 4.89. The Morgan fingerprint density at radius 2 is 2.27 bits per heavy atom. The summed E-state index contributed by atoms with van der Waals surface area (Å²) in [6.45, 7) is 0. The van der Waals surface area contributed by atoms with E-state index in [-0.39, 0.29) is 5.82 Å². The molecule has 0 saturated heterocycles. The molecule has 0 spiro atoms. The minimum absolute atomic E-state index is 0.169.